The molecule has 1 aliphatic carbocycles. The summed E-state index contributed by atoms with van der Waals surface area (Å²) >= 11 is 0. The molecule has 0 radical (unpaired) electrons. The Morgan fingerprint density at radius 1 is 1.28 bits per heavy atom. The normalized spacial score (nSPS) is 29.1. The largest absolute Gasteiger partial charge is 0.486 e. The predicted molar refractivity (Wildman–Crippen MR) is 94.3 cm³/mol. The third-order valence-corrected chi connectivity index (χ3v) is 6.24. The molecule has 25 heavy (non-hydrogen) atoms. The van der Waals surface area contributed by atoms with Crippen molar-refractivity contribution < 1.29 is 19.0 Å². The molecule has 1 aromatic carbocycles. The lowest BCUT2D eigenvalue weighted by molar-refractivity contribution is -0.107. The molecule has 2 fully saturated rings. The van der Waals surface area contributed by atoms with Crippen LogP contribution in [0.2, 0.25) is 0 Å². The molecular formula is C20H27NO4. The molecule has 1 aromatic rings. The summed E-state index contributed by atoms with van der Waals surface area (Å²) in [6, 6.07) is 3.77. The summed E-state index contributed by atoms with van der Waals surface area (Å²) in [5.74, 6) is 2.00. The van der Waals surface area contributed by atoms with E-state index in [-0.39, 0.29) is 16.7 Å². The molecule has 5 heteroatoms. The number of rotatable bonds is 3. The Labute approximate surface area is 149 Å². The van der Waals surface area contributed by atoms with Crippen molar-refractivity contribution in [2.45, 2.75) is 27.2 Å². The van der Waals surface area contributed by atoms with Crippen molar-refractivity contribution in [1.82, 2.24) is 4.90 Å². The summed E-state index contributed by atoms with van der Waals surface area (Å²) in [4.78, 5) is 15.2. The second kappa shape index (κ2) is 5.63. The fourth-order valence-corrected chi connectivity index (χ4v) is 5.35. The second-order valence-corrected chi connectivity index (χ2v) is 8.51. The van der Waals surface area contributed by atoms with Gasteiger partial charge in [-0.2, -0.15) is 0 Å². The minimum Gasteiger partial charge on any atom is -0.486 e. The number of hydrogen-bond acceptors (Lipinski definition) is 4. The summed E-state index contributed by atoms with van der Waals surface area (Å²) in [5.41, 5.74) is 2.05. The number of amides is 1. The third kappa shape index (κ3) is 2.51. The van der Waals surface area contributed by atoms with Gasteiger partial charge in [-0.15, -0.1) is 0 Å². The molecule has 4 rings (SSSR count). The summed E-state index contributed by atoms with van der Waals surface area (Å²) in [6.45, 7) is 9.97. The Hall–Kier alpha value is -1.75. The average Bonchev–Trinajstić information content (AvgIpc) is 2.88. The molecule has 5 nitrogen and oxygen atoms in total. The molecule has 0 spiro atoms. The maximum Gasteiger partial charge on any atom is 0.254 e. The van der Waals surface area contributed by atoms with Crippen molar-refractivity contribution in [2.75, 3.05) is 40.0 Å². The maximum absolute atomic E-state index is 13.2. The van der Waals surface area contributed by atoms with Crippen LogP contribution in [0, 0.1) is 23.7 Å². The smallest absolute Gasteiger partial charge is 0.254 e. The molecule has 1 saturated carbocycles. The molecule has 0 N–H and O–H groups in total. The van der Waals surface area contributed by atoms with Gasteiger partial charge in [0.1, 0.15) is 13.2 Å². The van der Waals surface area contributed by atoms with E-state index in [4.69, 9.17) is 14.2 Å². The number of likely N-dealkylation sites (tertiary alicyclic amines) is 1. The van der Waals surface area contributed by atoms with Crippen LogP contribution in [0.3, 0.4) is 0 Å². The number of fused-ring (bicyclic) bond motifs is 2. The van der Waals surface area contributed by atoms with Crippen LogP contribution in [0.25, 0.3) is 0 Å². The summed E-state index contributed by atoms with van der Waals surface area (Å²) in [7, 11) is 1.76. The zero-order valence-electron chi connectivity index (χ0n) is 15.6. The number of hydrogen-bond donors (Lipinski definition) is 0. The Balaban J connectivity index is 1.60. The van der Waals surface area contributed by atoms with E-state index in [0.29, 0.717) is 24.9 Å². The highest BCUT2D eigenvalue weighted by molar-refractivity contribution is 5.96. The van der Waals surface area contributed by atoms with Crippen LogP contribution < -0.4 is 9.47 Å². The van der Waals surface area contributed by atoms with Gasteiger partial charge >= 0.3 is 0 Å². The summed E-state index contributed by atoms with van der Waals surface area (Å²) in [6.07, 6.45) is 1.11. The number of aryl methyl sites for hydroxylation is 1. The monoisotopic (exact) mass is 345 g/mol. The van der Waals surface area contributed by atoms with Crippen LogP contribution >= 0.6 is 0 Å². The highest BCUT2D eigenvalue weighted by Crippen LogP contribution is 2.62. The molecule has 0 bridgehead atoms. The van der Waals surface area contributed by atoms with Crippen molar-refractivity contribution in [3.63, 3.8) is 0 Å². The zero-order valence-corrected chi connectivity index (χ0v) is 15.6. The first-order chi connectivity index (χ1) is 11.9. The first-order valence-electron chi connectivity index (χ1n) is 9.05. The van der Waals surface area contributed by atoms with Crippen molar-refractivity contribution in [3.05, 3.63) is 23.3 Å². The van der Waals surface area contributed by atoms with E-state index in [9.17, 15) is 4.79 Å². The summed E-state index contributed by atoms with van der Waals surface area (Å²) < 4.78 is 16.8. The quantitative estimate of drug-likeness (QED) is 0.845. The highest BCUT2D eigenvalue weighted by Gasteiger charge is 2.63. The fraction of sp³-hybridized carbons (Fsp3) is 0.650. The Morgan fingerprint density at radius 2 is 1.96 bits per heavy atom. The SMILES string of the molecule is COC[C@@]12CN(C(=O)c3cc4c(cc3C)OCCO4)C[C@@H]1C(C)(C)C2. The molecule has 136 valence electrons. The Morgan fingerprint density at radius 3 is 2.60 bits per heavy atom. The van der Waals surface area contributed by atoms with Gasteiger partial charge in [-0.05, 0) is 42.4 Å². The molecule has 2 heterocycles. The van der Waals surface area contributed by atoms with Crippen LogP contribution in [0.1, 0.15) is 36.2 Å². The molecule has 3 aliphatic rings. The van der Waals surface area contributed by atoms with Crippen LogP contribution in [0.15, 0.2) is 12.1 Å². The van der Waals surface area contributed by atoms with E-state index in [0.717, 1.165) is 43.0 Å². The lowest BCUT2D eigenvalue weighted by Crippen LogP contribution is -2.55. The standard InChI is InChI=1S/C20H27NO4/c1-13-7-15-16(25-6-5-24-15)8-14(13)18(22)21-9-17-19(2,3)10-20(17,11-21)12-23-4/h7-8,17H,5-6,9-12H2,1-4H3/t17-,20-/m1/s1. The van der Waals surface area contributed by atoms with E-state index in [1.165, 1.54) is 0 Å². The Kier molecular flexibility index (Phi) is 3.76. The van der Waals surface area contributed by atoms with Gasteiger partial charge in [-0.1, -0.05) is 13.8 Å². The minimum atomic E-state index is 0.0927. The van der Waals surface area contributed by atoms with Gasteiger partial charge in [0.15, 0.2) is 11.5 Å². The molecule has 1 amide bonds. The average molecular weight is 345 g/mol. The van der Waals surface area contributed by atoms with Crippen LogP contribution in [-0.4, -0.2) is 50.8 Å². The molecule has 2 aliphatic heterocycles. The predicted octanol–water partition coefficient (Wildman–Crippen LogP) is 2.90. The molecular weight excluding hydrogens is 318 g/mol. The Bertz CT molecular complexity index is 714. The van der Waals surface area contributed by atoms with E-state index in [1.807, 2.05) is 24.0 Å². The highest BCUT2D eigenvalue weighted by atomic mass is 16.6. The van der Waals surface area contributed by atoms with Crippen LogP contribution in [0.4, 0.5) is 0 Å². The number of ether oxygens (including phenoxy) is 3. The van der Waals surface area contributed by atoms with Gasteiger partial charge in [0.05, 0.1) is 6.61 Å². The van der Waals surface area contributed by atoms with E-state index in [1.54, 1.807) is 7.11 Å². The van der Waals surface area contributed by atoms with Gasteiger partial charge in [0.2, 0.25) is 0 Å². The van der Waals surface area contributed by atoms with Crippen molar-refractivity contribution in [2.24, 2.45) is 16.7 Å². The molecule has 0 unspecified atom stereocenters. The zero-order chi connectivity index (χ0) is 17.8. The van der Waals surface area contributed by atoms with Crippen LogP contribution in [-0.2, 0) is 4.74 Å². The van der Waals surface area contributed by atoms with E-state index in [2.05, 4.69) is 13.8 Å². The topological polar surface area (TPSA) is 48.0 Å². The number of methoxy groups -OCH3 is 1. The van der Waals surface area contributed by atoms with E-state index >= 15 is 0 Å². The second-order valence-electron chi connectivity index (χ2n) is 8.51. The van der Waals surface area contributed by atoms with Crippen molar-refractivity contribution in [3.8, 4) is 11.5 Å². The first-order valence-corrected chi connectivity index (χ1v) is 9.05. The third-order valence-electron chi connectivity index (χ3n) is 6.24. The van der Waals surface area contributed by atoms with Gasteiger partial charge in [-0.25, -0.2) is 0 Å². The number of carbonyl (C=O) groups is 1. The van der Waals surface area contributed by atoms with Crippen LogP contribution in [0.5, 0.6) is 11.5 Å². The number of benzene rings is 1. The van der Waals surface area contributed by atoms with Gasteiger partial charge < -0.3 is 19.1 Å². The molecule has 2 atom stereocenters. The molecule has 0 aromatic heterocycles. The maximum atomic E-state index is 13.2. The van der Waals surface area contributed by atoms with Crippen molar-refractivity contribution in [1.29, 1.82) is 0 Å². The molecule has 1 saturated heterocycles. The lowest BCUT2D eigenvalue weighted by atomic mass is 9.48. The van der Waals surface area contributed by atoms with Gasteiger partial charge in [0, 0.05) is 31.2 Å². The van der Waals surface area contributed by atoms with Gasteiger partial charge in [0.25, 0.3) is 5.91 Å². The van der Waals surface area contributed by atoms with Gasteiger partial charge in [-0.3, -0.25) is 4.79 Å². The minimum absolute atomic E-state index is 0.0927. The lowest BCUT2D eigenvalue weighted by Gasteiger charge is -2.56. The first kappa shape index (κ1) is 16.7. The van der Waals surface area contributed by atoms with E-state index < -0.39 is 0 Å². The van der Waals surface area contributed by atoms with Crippen molar-refractivity contribution >= 4 is 5.91 Å². The number of nitrogens with zero attached hydrogens (tertiary/aromatic N) is 1. The number of carbonyl (C=O) groups excluding carboxylic acids is 1. The fourth-order valence-electron chi connectivity index (χ4n) is 5.35. The summed E-state index contributed by atoms with van der Waals surface area (Å²) in [5, 5.41) is 0.